The Bertz CT molecular complexity index is 1090. The third-order valence-electron chi connectivity index (χ3n) is 5.76. The lowest BCUT2D eigenvalue weighted by molar-refractivity contribution is -0.148. The van der Waals surface area contributed by atoms with Crippen molar-refractivity contribution in [2.24, 2.45) is 5.92 Å². The fraction of sp³-hybridized carbons (Fsp3) is 0.500. The van der Waals surface area contributed by atoms with Gasteiger partial charge in [0.2, 0.25) is 5.43 Å². The first-order valence-corrected chi connectivity index (χ1v) is 10.4. The standard InChI is InChI=1S/C22H26F2N2O6/c1-4-32-22(30)13-5-7-25(8-6-13)18-16(24)9-14-17(20(18)31-3)26(12(2)10-23)11-15(19(14)27)21(28)29/h9,11-13H,4-8,10H2,1-3H3,(H,28,29). The van der Waals surface area contributed by atoms with Crippen molar-refractivity contribution in [2.45, 2.75) is 32.7 Å². The first-order valence-electron chi connectivity index (χ1n) is 10.4. The molecule has 10 heteroatoms. The molecule has 0 amide bonds. The maximum atomic E-state index is 15.3. The number of hydrogen-bond donors (Lipinski definition) is 1. The number of carboxylic acids is 1. The number of fused-ring (bicyclic) bond motifs is 1. The lowest BCUT2D eigenvalue weighted by Crippen LogP contribution is -2.37. The molecule has 0 saturated carbocycles. The Morgan fingerprint density at radius 1 is 1.31 bits per heavy atom. The van der Waals surface area contributed by atoms with Gasteiger partial charge in [-0.1, -0.05) is 0 Å². The predicted octanol–water partition coefficient (Wildman–Crippen LogP) is 3.16. The molecule has 1 unspecified atom stereocenters. The summed E-state index contributed by atoms with van der Waals surface area (Å²) < 4.78 is 40.7. The normalized spacial score (nSPS) is 15.6. The van der Waals surface area contributed by atoms with E-state index < -0.39 is 35.5 Å². The molecule has 0 bridgehead atoms. The van der Waals surface area contributed by atoms with Crippen LogP contribution in [0.3, 0.4) is 0 Å². The molecule has 1 saturated heterocycles. The van der Waals surface area contributed by atoms with Crippen molar-refractivity contribution < 1.29 is 33.0 Å². The fourth-order valence-electron chi connectivity index (χ4n) is 4.10. The van der Waals surface area contributed by atoms with Gasteiger partial charge in [0.05, 0.1) is 36.6 Å². The largest absolute Gasteiger partial charge is 0.492 e. The van der Waals surface area contributed by atoms with E-state index in [1.807, 2.05) is 0 Å². The zero-order valence-corrected chi connectivity index (χ0v) is 18.2. The summed E-state index contributed by atoms with van der Waals surface area (Å²) in [4.78, 5) is 38.0. The summed E-state index contributed by atoms with van der Waals surface area (Å²) >= 11 is 0. The van der Waals surface area contributed by atoms with Gasteiger partial charge in [-0.15, -0.1) is 0 Å². The molecule has 1 atom stereocenters. The van der Waals surface area contributed by atoms with Crippen LogP contribution in [0.1, 0.15) is 43.1 Å². The summed E-state index contributed by atoms with van der Waals surface area (Å²) in [5, 5.41) is 9.18. The van der Waals surface area contributed by atoms with Crippen molar-refractivity contribution in [1.29, 1.82) is 0 Å². The predicted molar refractivity (Wildman–Crippen MR) is 114 cm³/mol. The Balaban J connectivity index is 2.16. The molecule has 2 aromatic rings. The highest BCUT2D eigenvalue weighted by molar-refractivity contribution is 5.97. The minimum Gasteiger partial charge on any atom is -0.492 e. The topological polar surface area (TPSA) is 98.1 Å². The van der Waals surface area contributed by atoms with E-state index in [9.17, 15) is 23.9 Å². The number of rotatable bonds is 7. The Hall–Kier alpha value is -3.17. The number of carbonyl (C=O) groups is 2. The van der Waals surface area contributed by atoms with Crippen molar-refractivity contribution in [1.82, 2.24) is 4.57 Å². The fourth-order valence-corrected chi connectivity index (χ4v) is 4.10. The Morgan fingerprint density at radius 3 is 2.50 bits per heavy atom. The van der Waals surface area contributed by atoms with Gasteiger partial charge < -0.3 is 24.0 Å². The number of anilines is 1. The van der Waals surface area contributed by atoms with Gasteiger partial charge in [-0.2, -0.15) is 0 Å². The number of alkyl halides is 1. The van der Waals surface area contributed by atoms with Crippen LogP contribution >= 0.6 is 0 Å². The zero-order chi connectivity index (χ0) is 23.6. The minimum atomic E-state index is -1.49. The summed E-state index contributed by atoms with van der Waals surface area (Å²) in [6, 6.07) is 0.152. The molecule has 0 spiro atoms. The zero-order valence-electron chi connectivity index (χ0n) is 18.2. The summed E-state index contributed by atoms with van der Waals surface area (Å²) in [6.07, 6.45) is 1.96. The highest BCUT2D eigenvalue weighted by atomic mass is 19.1. The van der Waals surface area contributed by atoms with E-state index in [-0.39, 0.29) is 40.8 Å². The molecule has 2 heterocycles. The number of carbonyl (C=O) groups excluding carboxylic acids is 1. The monoisotopic (exact) mass is 452 g/mol. The van der Waals surface area contributed by atoms with Crippen LogP contribution in [0.15, 0.2) is 17.1 Å². The van der Waals surface area contributed by atoms with E-state index in [4.69, 9.17) is 9.47 Å². The van der Waals surface area contributed by atoms with Gasteiger partial charge in [-0.25, -0.2) is 13.6 Å². The summed E-state index contributed by atoms with van der Waals surface area (Å²) in [5.41, 5.74) is -1.25. The van der Waals surface area contributed by atoms with E-state index in [2.05, 4.69) is 0 Å². The van der Waals surface area contributed by atoms with Gasteiger partial charge in [0.15, 0.2) is 11.6 Å². The summed E-state index contributed by atoms with van der Waals surface area (Å²) in [6.45, 7) is 3.39. The van der Waals surface area contributed by atoms with E-state index in [1.54, 1.807) is 11.8 Å². The number of halogens is 2. The lowest BCUT2D eigenvalue weighted by atomic mass is 9.96. The minimum absolute atomic E-state index is 0.0175. The maximum absolute atomic E-state index is 15.3. The summed E-state index contributed by atoms with van der Waals surface area (Å²) in [5.74, 6) is -2.80. The van der Waals surface area contributed by atoms with Crippen LogP contribution in [0.5, 0.6) is 5.75 Å². The smallest absolute Gasteiger partial charge is 0.341 e. The average molecular weight is 452 g/mol. The van der Waals surface area contributed by atoms with Gasteiger partial charge in [0, 0.05) is 19.3 Å². The van der Waals surface area contributed by atoms with E-state index in [0.717, 1.165) is 12.3 Å². The third kappa shape index (κ3) is 4.13. The average Bonchev–Trinajstić information content (AvgIpc) is 2.78. The van der Waals surface area contributed by atoms with Crippen molar-refractivity contribution in [3.05, 3.63) is 33.9 Å². The molecule has 1 aromatic heterocycles. The first-order chi connectivity index (χ1) is 15.2. The number of ether oxygens (including phenoxy) is 2. The molecule has 0 aliphatic carbocycles. The SMILES string of the molecule is CCOC(=O)C1CCN(c2c(F)cc3c(=O)c(C(=O)O)cn(C(C)CF)c3c2OC)CC1. The number of piperidine rings is 1. The molecule has 1 N–H and O–H groups in total. The molecular formula is C22H26F2N2O6. The van der Waals surface area contributed by atoms with Crippen LogP contribution in [0.25, 0.3) is 10.9 Å². The summed E-state index contributed by atoms with van der Waals surface area (Å²) in [7, 11) is 1.31. The highest BCUT2D eigenvalue weighted by Crippen LogP contribution is 2.40. The first kappa shape index (κ1) is 23.5. The second kappa shape index (κ2) is 9.54. The van der Waals surface area contributed by atoms with Crippen LogP contribution in [-0.2, 0) is 9.53 Å². The molecule has 1 aliphatic rings. The van der Waals surface area contributed by atoms with Crippen LogP contribution in [0.4, 0.5) is 14.5 Å². The van der Waals surface area contributed by atoms with Crippen molar-refractivity contribution in [2.75, 3.05) is 38.4 Å². The lowest BCUT2D eigenvalue weighted by Gasteiger charge is -2.34. The van der Waals surface area contributed by atoms with E-state index in [1.165, 1.54) is 18.6 Å². The maximum Gasteiger partial charge on any atom is 0.341 e. The van der Waals surface area contributed by atoms with E-state index in [0.29, 0.717) is 25.9 Å². The third-order valence-corrected chi connectivity index (χ3v) is 5.76. The molecule has 1 aliphatic heterocycles. The van der Waals surface area contributed by atoms with Crippen molar-refractivity contribution >= 4 is 28.5 Å². The number of aromatic carboxylic acids is 1. The Labute approximate surface area is 183 Å². The van der Waals surface area contributed by atoms with Gasteiger partial charge in [0.25, 0.3) is 0 Å². The van der Waals surface area contributed by atoms with Gasteiger partial charge in [0.1, 0.15) is 17.9 Å². The Kier molecular flexibility index (Phi) is 7.00. The van der Waals surface area contributed by atoms with Gasteiger partial charge >= 0.3 is 11.9 Å². The molecule has 174 valence electrons. The quantitative estimate of drug-likeness (QED) is 0.645. The van der Waals surface area contributed by atoms with Crippen LogP contribution < -0.4 is 15.1 Å². The number of aromatic nitrogens is 1. The van der Waals surface area contributed by atoms with Crippen LogP contribution in [0, 0.1) is 11.7 Å². The second-order valence-electron chi connectivity index (χ2n) is 7.74. The molecular weight excluding hydrogens is 426 g/mol. The number of carboxylic acid groups (broad SMARTS) is 1. The highest BCUT2D eigenvalue weighted by Gasteiger charge is 2.31. The number of hydrogen-bond acceptors (Lipinski definition) is 6. The van der Waals surface area contributed by atoms with Crippen LogP contribution in [0.2, 0.25) is 0 Å². The number of benzene rings is 1. The number of methoxy groups -OCH3 is 1. The van der Waals surface area contributed by atoms with Crippen molar-refractivity contribution in [3.8, 4) is 5.75 Å². The van der Waals surface area contributed by atoms with Gasteiger partial charge in [-0.3, -0.25) is 9.59 Å². The molecule has 32 heavy (non-hydrogen) atoms. The number of esters is 1. The molecule has 1 fully saturated rings. The second-order valence-corrected chi connectivity index (χ2v) is 7.74. The molecule has 0 radical (unpaired) electrons. The molecule has 1 aromatic carbocycles. The van der Waals surface area contributed by atoms with Crippen LogP contribution in [-0.4, -0.2) is 55.1 Å². The van der Waals surface area contributed by atoms with E-state index >= 15 is 4.39 Å². The Morgan fingerprint density at radius 2 is 1.97 bits per heavy atom. The van der Waals surface area contributed by atoms with Gasteiger partial charge in [-0.05, 0) is 32.8 Å². The molecule has 3 rings (SSSR count). The molecule has 8 nitrogen and oxygen atoms in total. The van der Waals surface area contributed by atoms with Crippen molar-refractivity contribution in [3.63, 3.8) is 0 Å². The number of pyridine rings is 1. The number of nitrogens with zero attached hydrogens (tertiary/aromatic N) is 2.